The summed E-state index contributed by atoms with van der Waals surface area (Å²) in [4.78, 5) is 8.76. The molecule has 4 rings (SSSR count). The van der Waals surface area contributed by atoms with Crippen molar-refractivity contribution in [3.63, 3.8) is 0 Å². The Labute approximate surface area is 152 Å². The first-order valence-electron chi connectivity index (χ1n) is 9.23. The number of nitrogens with one attached hydrogen (secondary N) is 1. The van der Waals surface area contributed by atoms with Crippen molar-refractivity contribution in [1.82, 2.24) is 19.7 Å². The molecule has 136 valence electrons. The van der Waals surface area contributed by atoms with Gasteiger partial charge in [-0.2, -0.15) is 10.1 Å². The van der Waals surface area contributed by atoms with Crippen molar-refractivity contribution in [3.05, 3.63) is 30.5 Å². The quantitative estimate of drug-likeness (QED) is 0.729. The highest BCUT2D eigenvalue weighted by molar-refractivity contribution is 5.92. The minimum absolute atomic E-state index is 0.00157. The van der Waals surface area contributed by atoms with Gasteiger partial charge in [0.1, 0.15) is 5.82 Å². The molecule has 1 aliphatic rings. The molecular weight excluding hydrogens is 328 g/mol. The highest BCUT2D eigenvalue weighted by Crippen LogP contribution is 2.31. The molecular formula is C19H24N6O. The number of nitrogens with two attached hydrogens (primary N) is 1. The van der Waals surface area contributed by atoms with Gasteiger partial charge in [0.05, 0.1) is 11.2 Å². The Balaban J connectivity index is 1.73. The highest BCUT2D eigenvalue weighted by Gasteiger charge is 2.20. The molecule has 0 bridgehead atoms. The van der Waals surface area contributed by atoms with Crippen LogP contribution in [0.5, 0.6) is 0 Å². The molecule has 0 spiro atoms. The number of anilines is 2. The molecule has 26 heavy (non-hydrogen) atoms. The van der Waals surface area contributed by atoms with Crippen molar-refractivity contribution in [2.45, 2.75) is 38.8 Å². The first kappa shape index (κ1) is 16.8. The summed E-state index contributed by atoms with van der Waals surface area (Å²) in [5.41, 5.74) is 8.81. The van der Waals surface area contributed by atoms with Crippen LogP contribution in [0.4, 0.5) is 11.8 Å². The zero-order valence-corrected chi connectivity index (χ0v) is 15.0. The normalized spacial score (nSPS) is 17.5. The molecule has 1 atom stereocenters. The number of ether oxygens (including phenoxy) is 1. The van der Waals surface area contributed by atoms with Gasteiger partial charge >= 0.3 is 0 Å². The molecule has 3 aromatic rings. The van der Waals surface area contributed by atoms with Gasteiger partial charge in [0, 0.05) is 30.3 Å². The van der Waals surface area contributed by atoms with Gasteiger partial charge in [-0.3, -0.25) is 0 Å². The van der Waals surface area contributed by atoms with Gasteiger partial charge in [0.25, 0.3) is 0 Å². The summed E-state index contributed by atoms with van der Waals surface area (Å²) in [6.45, 7) is 3.75. The first-order chi connectivity index (χ1) is 12.8. The van der Waals surface area contributed by atoms with E-state index in [1.807, 2.05) is 29.1 Å². The standard InChI is InChI=1S/C19H24N6O/c1-2-9-21-18-14-7-6-13(12-15(14)23-19(20)24-18)16-8-10-22-25(16)17-5-3-4-11-26-17/h6-8,10,12,17H,2-5,9,11H2,1H3,(H3,20,21,23,24). The van der Waals surface area contributed by atoms with Crippen molar-refractivity contribution < 1.29 is 4.74 Å². The SMILES string of the molecule is CCCNc1nc(N)nc2cc(-c3ccnn3C3CCCCO3)ccc12. The highest BCUT2D eigenvalue weighted by atomic mass is 16.5. The van der Waals surface area contributed by atoms with E-state index in [4.69, 9.17) is 10.5 Å². The number of benzene rings is 1. The van der Waals surface area contributed by atoms with Crippen molar-refractivity contribution in [3.8, 4) is 11.3 Å². The number of nitrogens with zero attached hydrogens (tertiary/aromatic N) is 4. The zero-order valence-electron chi connectivity index (χ0n) is 15.0. The maximum absolute atomic E-state index is 5.91. The molecule has 1 aliphatic heterocycles. The number of rotatable bonds is 5. The molecule has 7 nitrogen and oxygen atoms in total. The molecule has 3 N–H and O–H groups in total. The Kier molecular flexibility index (Phi) is 4.71. The lowest BCUT2D eigenvalue weighted by Crippen LogP contribution is -2.19. The van der Waals surface area contributed by atoms with E-state index in [2.05, 4.69) is 33.4 Å². The van der Waals surface area contributed by atoms with Crippen molar-refractivity contribution in [2.75, 3.05) is 24.2 Å². The monoisotopic (exact) mass is 352 g/mol. The van der Waals surface area contributed by atoms with Crippen molar-refractivity contribution in [1.29, 1.82) is 0 Å². The second-order valence-corrected chi connectivity index (χ2v) is 6.57. The molecule has 1 unspecified atom stereocenters. The van der Waals surface area contributed by atoms with E-state index >= 15 is 0 Å². The second-order valence-electron chi connectivity index (χ2n) is 6.57. The number of aromatic nitrogens is 4. The Morgan fingerprint density at radius 1 is 1.27 bits per heavy atom. The molecule has 0 saturated carbocycles. The third-order valence-electron chi connectivity index (χ3n) is 4.65. The average molecular weight is 352 g/mol. The van der Waals surface area contributed by atoms with E-state index in [1.54, 1.807) is 0 Å². The van der Waals surface area contributed by atoms with Crippen LogP contribution in [-0.4, -0.2) is 32.9 Å². The van der Waals surface area contributed by atoms with Gasteiger partial charge in [0.15, 0.2) is 6.23 Å². The summed E-state index contributed by atoms with van der Waals surface area (Å²) < 4.78 is 7.87. The van der Waals surface area contributed by atoms with E-state index in [0.717, 1.165) is 66.8 Å². The van der Waals surface area contributed by atoms with Gasteiger partial charge in [0.2, 0.25) is 5.95 Å². The van der Waals surface area contributed by atoms with Crippen LogP contribution in [0.15, 0.2) is 30.5 Å². The Bertz CT molecular complexity index is 900. The third-order valence-corrected chi connectivity index (χ3v) is 4.65. The smallest absolute Gasteiger partial charge is 0.222 e. The maximum atomic E-state index is 5.91. The summed E-state index contributed by atoms with van der Waals surface area (Å²) in [5, 5.41) is 8.79. The lowest BCUT2D eigenvalue weighted by Gasteiger charge is -2.24. The van der Waals surface area contributed by atoms with E-state index < -0.39 is 0 Å². The minimum atomic E-state index is 0.00157. The van der Waals surface area contributed by atoms with Gasteiger partial charge in [-0.1, -0.05) is 13.0 Å². The molecule has 1 saturated heterocycles. The molecule has 0 radical (unpaired) electrons. The lowest BCUT2D eigenvalue weighted by atomic mass is 10.1. The van der Waals surface area contributed by atoms with Crippen molar-refractivity contribution in [2.24, 2.45) is 0 Å². The van der Waals surface area contributed by atoms with Crippen LogP contribution in [-0.2, 0) is 4.74 Å². The number of nitrogen functional groups attached to an aromatic ring is 1. The second kappa shape index (κ2) is 7.29. The van der Waals surface area contributed by atoms with Crippen LogP contribution < -0.4 is 11.1 Å². The molecule has 1 aromatic carbocycles. The van der Waals surface area contributed by atoms with E-state index in [-0.39, 0.29) is 12.2 Å². The summed E-state index contributed by atoms with van der Waals surface area (Å²) in [5.74, 6) is 1.06. The predicted octanol–water partition coefficient (Wildman–Crippen LogP) is 3.60. The first-order valence-corrected chi connectivity index (χ1v) is 9.23. The fraction of sp³-hybridized carbons (Fsp3) is 0.421. The Morgan fingerprint density at radius 2 is 2.19 bits per heavy atom. The largest absolute Gasteiger partial charge is 0.369 e. The van der Waals surface area contributed by atoms with E-state index in [1.165, 1.54) is 0 Å². The van der Waals surface area contributed by atoms with E-state index in [0.29, 0.717) is 0 Å². The number of hydrogen-bond donors (Lipinski definition) is 2. The van der Waals surface area contributed by atoms with Gasteiger partial charge in [-0.15, -0.1) is 0 Å². The minimum Gasteiger partial charge on any atom is -0.369 e. The summed E-state index contributed by atoms with van der Waals surface area (Å²) in [7, 11) is 0. The third kappa shape index (κ3) is 3.22. The fourth-order valence-electron chi connectivity index (χ4n) is 3.37. The van der Waals surface area contributed by atoms with Crippen LogP contribution in [0.3, 0.4) is 0 Å². The summed E-state index contributed by atoms with van der Waals surface area (Å²) in [6, 6.07) is 8.18. The van der Waals surface area contributed by atoms with Crippen LogP contribution in [0, 0.1) is 0 Å². The molecule has 3 heterocycles. The van der Waals surface area contributed by atoms with Gasteiger partial charge in [-0.05, 0) is 43.9 Å². The van der Waals surface area contributed by atoms with Crippen molar-refractivity contribution >= 4 is 22.7 Å². The molecule has 2 aromatic heterocycles. The molecule has 0 aliphatic carbocycles. The van der Waals surface area contributed by atoms with Crippen LogP contribution in [0.25, 0.3) is 22.2 Å². The molecule has 7 heteroatoms. The van der Waals surface area contributed by atoms with Crippen LogP contribution in [0.2, 0.25) is 0 Å². The summed E-state index contributed by atoms with van der Waals surface area (Å²) in [6.07, 6.45) is 6.11. The van der Waals surface area contributed by atoms with E-state index in [9.17, 15) is 0 Å². The zero-order chi connectivity index (χ0) is 17.9. The predicted molar refractivity (Wildman–Crippen MR) is 103 cm³/mol. The topological polar surface area (TPSA) is 90.9 Å². The number of hydrogen-bond acceptors (Lipinski definition) is 6. The van der Waals surface area contributed by atoms with Gasteiger partial charge < -0.3 is 15.8 Å². The van der Waals surface area contributed by atoms with Gasteiger partial charge in [-0.25, -0.2) is 9.67 Å². The lowest BCUT2D eigenvalue weighted by molar-refractivity contribution is -0.0383. The maximum Gasteiger partial charge on any atom is 0.222 e. The average Bonchev–Trinajstić information content (AvgIpc) is 3.16. The van der Waals surface area contributed by atoms with Crippen LogP contribution in [0.1, 0.15) is 38.8 Å². The fourth-order valence-corrected chi connectivity index (χ4v) is 3.37. The Morgan fingerprint density at radius 3 is 3.00 bits per heavy atom. The molecule has 1 fully saturated rings. The Hall–Kier alpha value is -2.67. The summed E-state index contributed by atoms with van der Waals surface area (Å²) >= 11 is 0. The van der Waals surface area contributed by atoms with Crippen LogP contribution >= 0.6 is 0 Å². The molecule has 0 amide bonds. The number of fused-ring (bicyclic) bond motifs is 1.